The molecule has 3 nitrogen and oxygen atoms in total. The van der Waals surface area contributed by atoms with Crippen LogP contribution in [0.4, 0.5) is 0 Å². The van der Waals surface area contributed by atoms with Crippen LogP contribution in [-0.2, 0) is 4.74 Å². The van der Waals surface area contributed by atoms with Gasteiger partial charge in [-0.05, 0) is 56.3 Å². The Labute approximate surface area is 227 Å². The number of nitrogens with one attached hydrogen (secondary N) is 1. The summed E-state index contributed by atoms with van der Waals surface area (Å²) in [5.74, 6) is 0.790. The third-order valence-corrected chi connectivity index (χ3v) is 9.08. The van der Waals surface area contributed by atoms with Crippen molar-refractivity contribution in [3.05, 3.63) is 0 Å². The van der Waals surface area contributed by atoms with E-state index in [1.54, 1.807) is 0 Å². The number of unbranched alkanes of at least 4 members (excludes halogenated alkanes) is 6. The van der Waals surface area contributed by atoms with Gasteiger partial charge < -0.3 is 4.74 Å². The minimum atomic E-state index is 0.128. The highest BCUT2D eigenvalue weighted by molar-refractivity contribution is 4.85. The normalized spacial score (nSPS) is 20.5. The molecule has 1 saturated carbocycles. The molecule has 2 atom stereocenters. The van der Waals surface area contributed by atoms with Gasteiger partial charge in [0.2, 0.25) is 0 Å². The quantitative estimate of drug-likeness (QED) is 0.139. The van der Waals surface area contributed by atoms with E-state index in [1.807, 2.05) is 0 Å². The Balaban J connectivity index is 2.07. The van der Waals surface area contributed by atoms with Crippen molar-refractivity contribution in [2.75, 3.05) is 13.1 Å². The third kappa shape index (κ3) is 13.1. The summed E-state index contributed by atoms with van der Waals surface area (Å²) in [6.07, 6.45) is 27.6. The molecule has 1 aliphatic heterocycles. The molecule has 2 unspecified atom stereocenters. The lowest BCUT2D eigenvalue weighted by Crippen LogP contribution is -2.55. The topological polar surface area (TPSA) is 24.5 Å². The summed E-state index contributed by atoms with van der Waals surface area (Å²) in [6, 6.07) is 0. The van der Waals surface area contributed by atoms with Crippen molar-refractivity contribution in [2.24, 2.45) is 16.7 Å². The molecule has 1 heterocycles. The van der Waals surface area contributed by atoms with Crippen LogP contribution in [-0.4, -0.2) is 30.4 Å². The fraction of sp³-hybridized carbons (Fsp3) is 1.00. The lowest BCUT2D eigenvalue weighted by molar-refractivity contribution is -0.139. The Hall–Kier alpha value is -0.120. The fourth-order valence-electron chi connectivity index (χ4n) is 6.85. The molecule has 0 aromatic heterocycles. The standard InChI is InChI=1S/C33H66N2O/c1-7-9-11-12-13-16-21-29(27-32(3,4)24-10-8-2)28-33(5,6)31(34-35-25-19-15-20-26-35)36-30-22-17-14-18-23-30/h29-31,34H,7-28H2,1-6H3. The monoisotopic (exact) mass is 507 g/mol. The van der Waals surface area contributed by atoms with Gasteiger partial charge in [0.15, 0.2) is 0 Å². The maximum atomic E-state index is 6.97. The molecule has 0 bridgehead atoms. The van der Waals surface area contributed by atoms with E-state index in [-0.39, 0.29) is 11.6 Å². The number of nitrogens with zero attached hydrogens (tertiary/aromatic N) is 1. The van der Waals surface area contributed by atoms with E-state index in [2.05, 4.69) is 52.0 Å². The van der Waals surface area contributed by atoms with Crippen LogP contribution in [0.2, 0.25) is 0 Å². The molecule has 1 N–H and O–H groups in total. The zero-order chi connectivity index (χ0) is 26.3. The van der Waals surface area contributed by atoms with Gasteiger partial charge in [-0.3, -0.25) is 0 Å². The zero-order valence-electron chi connectivity index (χ0n) is 25.6. The first kappa shape index (κ1) is 32.1. The van der Waals surface area contributed by atoms with Crippen molar-refractivity contribution in [3.8, 4) is 0 Å². The van der Waals surface area contributed by atoms with E-state index in [9.17, 15) is 0 Å². The molecular weight excluding hydrogens is 440 g/mol. The van der Waals surface area contributed by atoms with E-state index >= 15 is 0 Å². The summed E-state index contributed by atoms with van der Waals surface area (Å²) >= 11 is 0. The lowest BCUT2D eigenvalue weighted by atomic mass is 9.71. The first-order valence-corrected chi connectivity index (χ1v) is 16.4. The molecule has 0 amide bonds. The van der Waals surface area contributed by atoms with Crippen molar-refractivity contribution in [1.82, 2.24) is 10.4 Å². The Morgan fingerprint density at radius 3 is 2.03 bits per heavy atom. The molecule has 214 valence electrons. The second-order valence-electron chi connectivity index (χ2n) is 14.0. The van der Waals surface area contributed by atoms with Crippen LogP contribution < -0.4 is 5.43 Å². The highest BCUT2D eigenvalue weighted by Gasteiger charge is 2.37. The molecule has 0 aromatic carbocycles. The van der Waals surface area contributed by atoms with Gasteiger partial charge in [-0.1, -0.05) is 125 Å². The Kier molecular flexibility index (Phi) is 15.6. The van der Waals surface area contributed by atoms with Gasteiger partial charge >= 0.3 is 0 Å². The molecular formula is C33H66N2O. The van der Waals surface area contributed by atoms with Crippen LogP contribution in [0.1, 0.15) is 170 Å². The van der Waals surface area contributed by atoms with Crippen LogP contribution in [0.15, 0.2) is 0 Å². The third-order valence-electron chi connectivity index (χ3n) is 9.08. The largest absolute Gasteiger partial charge is 0.358 e. The number of piperidine rings is 1. The lowest BCUT2D eigenvalue weighted by Gasteiger charge is -2.44. The average Bonchev–Trinajstić information content (AvgIpc) is 2.85. The predicted molar refractivity (Wildman–Crippen MR) is 158 cm³/mol. The average molecular weight is 507 g/mol. The van der Waals surface area contributed by atoms with E-state index in [1.165, 1.54) is 142 Å². The van der Waals surface area contributed by atoms with Gasteiger partial charge in [0, 0.05) is 18.5 Å². The van der Waals surface area contributed by atoms with E-state index in [4.69, 9.17) is 4.74 Å². The minimum Gasteiger partial charge on any atom is -0.358 e. The van der Waals surface area contributed by atoms with Gasteiger partial charge in [-0.25, -0.2) is 10.4 Å². The molecule has 3 heteroatoms. The summed E-state index contributed by atoms with van der Waals surface area (Å²) in [7, 11) is 0. The number of rotatable bonds is 19. The SMILES string of the molecule is CCCCCCCCC(CC(C)(C)CCCC)CC(C)(C)C(NN1CCCCC1)OC1CCCCC1. The second kappa shape index (κ2) is 17.5. The minimum absolute atomic E-state index is 0.128. The van der Waals surface area contributed by atoms with Crippen molar-refractivity contribution in [3.63, 3.8) is 0 Å². The van der Waals surface area contributed by atoms with Gasteiger partial charge in [0.1, 0.15) is 6.23 Å². The summed E-state index contributed by atoms with van der Waals surface area (Å²) in [5, 5.41) is 2.49. The molecule has 2 aliphatic rings. The van der Waals surface area contributed by atoms with Crippen LogP contribution >= 0.6 is 0 Å². The summed E-state index contributed by atoms with van der Waals surface area (Å²) in [5.41, 5.74) is 4.52. The number of ether oxygens (including phenoxy) is 1. The maximum Gasteiger partial charge on any atom is 0.126 e. The molecule has 1 saturated heterocycles. The maximum absolute atomic E-state index is 6.97. The van der Waals surface area contributed by atoms with E-state index in [0.29, 0.717) is 11.5 Å². The van der Waals surface area contributed by atoms with Crippen molar-refractivity contribution < 1.29 is 4.74 Å². The first-order chi connectivity index (χ1) is 17.3. The van der Waals surface area contributed by atoms with Crippen molar-refractivity contribution in [2.45, 2.75) is 182 Å². The second-order valence-corrected chi connectivity index (χ2v) is 14.0. The van der Waals surface area contributed by atoms with Gasteiger partial charge in [-0.2, -0.15) is 0 Å². The number of hydrazine groups is 1. The molecule has 1 aliphatic carbocycles. The van der Waals surface area contributed by atoms with Gasteiger partial charge in [-0.15, -0.1) is 0 Å². The number of hydrogen-bond donors (Lipinski definition) is 1. The van der Waals surface area contributed by atoms with Crippen LogP contribution in [0.25, 0.3) is 0 Å². The highest BCUT2D eigenvalue weighted by Crippen LogP contribution is 2.41. The van der Waals surface area contributed by atoms with Gasteiger partial charge in [0.25, 0.3) is 0 Å². The summed E-state index contributed by atoms with van der Waals surface area (Å²) in [6.45, 7) is 17.1. The van der Waals surface area contributed by atoms with Crippen molar-refractivity contribution in [1.29, 1.82) is 0 Å². The Morgan fingerprint density at radius 2 is 1.36 bits per heavy atom. The summed E-state index contributed by atoms with van der Waals surface area (Å²) in [4.78, 5) is 0. The van der Waals surface area contributed by atoms with Crippen LogP contribution in [0.3, 0.4) is 0 Å². The van der Waals surface area contributed by atoms with Crippen LogP contribution in [0.5, 0.6) is 0 Å². The highest BCUT2D eigenvalue weighted by atomic mass is 16.5. The van der Waals surface area contributed by atoms with Crippen molar-refractivity contribution >= 4 is 0 Å². The smallest absolute Gasteiger partial charge is 0.126 e. The molecule has 0 aromatic rings. The Bertz CT molecular complexity index is 514. The van der Waals surface area contributed by atoms with Crippen LogP contribution in [0, 0.1) is 16.7 Å². The van der Waals surface area contributed by atoms with E-state index < -0.39 is 0 Å². The molecule has 2 rings (SSSR count). The fourth-order valence-corrected chi connectivity index (χ4v) is 6.85. The predicted octanol–water partition coefficient (Wildman–Crippen LogP) is 10.0. The van der Waals surface area contributed by atoms with E-state index in [0.717, 1.165) is 5.92 Å². The van der Waals surface area contributed by atoms with Gasteiger partial charge in [0.05, 0.1) is 6.10 Å². The molecule has 36 heavy (non-hydrogen) atoms. The molecule has 0 spiro atoms. The zero-order valence-corrected chi connectivity index (χ0v) is 25.6. The molecule has 0 radical (unpaired) electrons. The summed E-state index contributed by atoms with van der Waals surface area (Å²) < 4.78 is 6.97. The molecule has 2 fully saturated rings. The Morgan fingerprint density at radius 1 is 0.750 bits per heavy atom. The number of hydrogen-bond acceptors (Lipinski definition) is 3. The first-order valence-electron chi connectivity index (χ1n) is 16.4.